The number of hydrogen-bond donors (Lipinski definition) is 1. The Labute approximate surface area is 98.5 Å². The minimum absolute atomic E-state index is 0.528. The number of rotatable bonds is 2. The maximum atomic E-state index is 5.77. The second kappa shape index (κ2) is 5.03. The summed E-state index contributed by atoms with van der Waals surface area (Å²) in [7, 11) is 0. The first-order valence-corrected chi connectivity index (χ1v) is 7.02. The summed E-state index contributed by atoms with van der Waals surface area (Å²) < 4.78 is 5.77. The molecule has 1 aliphatic carbocycles. The number of hydrogen-bond acceptors (Lipinski definition) is 3. The fourth-order valence-electron chi connectivity index (χ4n) is 3.62. The van der Waals surface area contributed by atoms with Gasteiger partial charge in [0.05, 0.1) is 6.10 Å². The van der Waals surface area contributed by atoms with Crippen LogP contribution in [-0.2, 0) is 4.74 Å². The van der Waals surface area contributed by atoms with Crippen LogP contribution in [0.1, 0.15) is 38.5 Å². The molecular formula is C13H24N2O. The quantitative estimate of drug-likeness (QED) is 0.767. The Balaban J connectivity index is 1.59. The Morgan fingerprint density at radius 1 is 1.12 bits per heavy atom. The molecule has 2 saturated heterocycles. The average Bonchev–Trinajstić information content (AvgIpc) is 2.82. The van der Waals surface area contributed by atoms with Gasteiger partial charge < -0.3 is 10.1 Å². The van der Waals surface area contributed by atoms with Crippen LogP contribution in [-0.4, -0.2) is 49.3 Å². The van der Waals surface area contributed by atoms with Crippen molar-refractivity contribution in [1.29, 1.82) is 0 Å². The molecule has 0 aromatic rings. The standard InChI is InChI=1S/C13H24N2O/c1-2-6-13-12(5-1)14-7-8-15(13)10-11-4-3-9-16-11/h11-14H,1-10H2/t11-,12+,13+/m0/s1. The fraction of sp³-hybridized carbons (Fsp3) is 1.00. The van der Waals surface area contributed by atoms with Gasteiger partial charge in [0.15, 0.2) is 0 Å². The highest BCUT2D eigenvalue weighted by atomic mass is 16.5. The van der Waals surface area contributed by atoms with Gasteiger partial charge in [0.1, 0.15) is 0 Å². The van der Waals surface area contributed by atoms with Crippen LogP contribution < -0.4 is 5.32 Å². The monoisotopic (exact) mass is 224 g/mol. The van der Waals surface area contributed by atoms with Gasteiger partial charge in [-0.05, 0) is 25.7 Å². The van der Waals surface area contributed by atoms with Gasteiger partial charge in [0.25, 0.3) is 0 Å². The summed E-state index contributed by atoms with van der Waals surface area (Å²) >= 11 is 0. The second-order valence-electron chi connectivity index (χ2n) is 5.54. The van der Waals surface area contributed by atoms with Crippen molar-refractivity contribution >= 4 is 0 Å². The second-order valence-corrected chi connectivity index (χ2v) is 5.54. The van der Waals surface area contributed by atoms with E-state index < -0.39 is 0 Å². The maximum absolute atomic E-state index is 5.77. The summed E-state index contributed by atoms with van der Waals surface area (Å²) in [6, 6.07) is 1.57. The Bertz CT molecular complexity index is 226. The van der Waals surface area contributed by atoms with Crippen LogP contribution in [0.5, 0.6) is 0 Å². The number of nitrogens with one attached hydrogen (secondary N) is 1. The van der Waals surface area contributed by atoms with Crippen LogP contribution in [0.4, 0.5) is 0 Å². The molecule has 0 aromatic heterocycles. The first-order chi connectivity index (χ1) is 7.93. The van der Waals surface area contributed by atoms with Crippen LogP contribution in [0.25, 0.3) is 0 Å². The molecule has 1 N–H and O–H groups in total. The maximum Gasteiger partial charge on any atom is 0.0702 e. The van der Waals surface area contributed by atoms with E-state index in [2.05, 4.69) is 10.2 Å². The molecule has 3 nitrogen and oxygen atoms in total. The minimum Gasteiger partial charge on any atom is -0.377 e. The van der Waals surface area contributed by atoms with E-state index in [0.717, 1.165) is 18.7 Å². The summed E-state index contributed by atoms with van der Waals surface area (Å²) in [5.74, 6) is 0. The summed E-state index contributed by atoms with van der Waals surface area (Å²) in [5, 5.41) is 3.69. The third-order valence-electron chi connectivity index (χ3n) is 4.47. The summed E-state index contributed by atoms with van der Waals surface area (Å²) in [6.07, 6.45) is 8.69. The van der Waals surface area contributed by atoms with Gasteiger partial charge in [-0.2, -0.15) is 0 Å². The van der Waals surface area contributed by atoms with Gasteiger partial charge in [-0.15, -0.1) is 0 Å². The molecule has 0 amide bonds. The first kappa shape index (κ1) is 11.0. The zero-order chi connectivity index (χ0) is 10.8. The lowest BCUT2D eigenvalue weighted by Crippen LogP contribution is -2.60. The topological polar surface area (TPSA) is 24.5 Å². The highest BCUT2D eigenvalue weighted by molar-refractivity contribution is 4.93. The molecule has 2 heterocycles. The van der Waals surface area contributed by atoms with E-state index in [-0.39, 0.29) is 0 Å². The highest BCUT2D eigenvalue weighted by Gasteiger charge is 2.34. The van der Waals surface area contributed by atoms with E-state index in [9.17, 15) is 0 Å². The van der Waals surface area contributed by atoms with E-state index in [4.69, 9.17) is 4.74 Å². The van der Waals surface area contributed by atoms with Gasteiger partial charge >= 0.3 is 0 Å². The molecule has 0 spiro atoms. The number of nitrogens with zero attached hydrogens (tertiary/aromatic N) is 1. The molecule has 16 heavy (non-hydrogen) atoms. The molecule has 3 atom stereocenters. The SMILES string of the molecule is C1CO[C@H](CN2CCN[C@@H]3CCCC[C@H]32)C1. The molecule has 0 radical (unpaired) electrons. The molecule has 3 rings (SSSR count). The van der Waals surface area contributed by atoms with Crippen molar-refractivity contribution in [2.75, 3.05) is 26.2 Å². The van der Waals surface area contributed by atoms with E-state index in [1.807, 2.05) is 0 Å². The van der Waals surface area contributed by atoms with E-state index in [1.165, 1.54) is 58.2 Å². The summed E-state index contributed by atoms with van der Waals surface area (Å²) in [4.78, 5) is 2.70. The molecule has 1 saturated carbocycles. The lowest BCUT2D eigenvalue weighted by Gasteiger charge is -2.45. The molecule has 3 aliphatic rings. The predicted octanol–water partition coefficient (Wildman–Crippen LogP) is 1.38. The van der Waals surface area contributed by atoms with Crippen molar-refractivity contribution in [3.05, 3.63) is 0 Å². The molecule has 0 bridgehead atoms. The lowest BCUT2D eigenvalue weighted by molar-refractivity contribution is 0.0243. The number of piperazine rings is 1. The molecule has 0 unspecified atom stereocenters. The minimum atomic E-state index is 0.528. The fourth-order valence-corrected chi connectivity index (χ4v) is 3.62. The van der Waals surface area contributed by atoms with Gasteiger partial charge in [-0.25, -0.2) is 0 Å². The van der Waals surface area contributed by atoms with Crippen LogP contribution in [0, 0.1) is 0 Å². The zero-order valence-electron chi connectivity index (χ0n) is 10.2. The van der Waals surface area contributed by atoms with E-state index in [0.29, 0.717) is 6.10 Å². The van der Waals surface area contributed by atoms with Gasteiger partial charge in [-0.1, -0.05) is 12.8 Å². The molecule has 2 aliphatic heterocycles. The average molecular weight is 224 g/mol. The number of ether oxygens (including phenoxy) is 1. The predicted molar refractivity (Wildman–Crippen MR) is 64.6 cm³/mol. The van der Waals surface area contributed by atoms with Crippen molar-refractivity contribution < 1.29 is 4.74 Å². The smallest absolute Gasteiger partial charge is 0.0702 e. The molecule has 3 fully saturated rings. The summed E-state index contributed by atoms with van der Waals surface area (Å²) in [6.45, 7) is 4.57. The van der Waals surface area contributed by atoms with Crippen molar-refractivity contribution in [2.45, 2.75) is 56.7 Å². The Morgan fingerprint density at radius 3 is 2.94 bits per heavy atom. The van der Waals surface area contributed by atoms with Crippen LogP contribution in [0.2, 0.25) is 0 Å². The third kappa shape index (κ3) is 2.27. The van der Waals surface area contributed by atoms with Crippen LogP contribution >= 0.6 is 0 Å². The Morgan fingerprint density at radius 2 is 2.06 bits per heavy atom. The van der Waals surface area contributed by atoms with Crippen LogP contribution in [0.3, 0.4) is 0 Å². The summed E-state index contributed by atoms with van der Waals surface area (Å²) in [5.41, 5.74) is 0. The largest absolute Gasteiger partial charge is 0.377 e. The molecular weight excluding hydrogens is 200 g/mol. The van der Waals surface area contributed by atoms with Gasteiger partial charge in [0, 0.05) is 38.3 Å². The normalized spacial score (nSPS) is 40.9. The van der Waals surface area contributed by atoms with Gasteiger partial charge in [0.2, 0.25) is 0 Å². The Hall–Kier alpha value is -0.120. The zero-order valence-corrected chi connectivity index (χ0v) is 10.2. The van der Waals surface area contributed by atoms with Crippen molar-refractivity contribution in [2.24, 2.45) is 0 Å². The van der Waals surface area contributed by atoms with Crippen molar-refractivity contribution in [3.63, 3.8) is 0 Å². The molecule has 0 aromatic carbocycles. The first-order valence-electron chi connectivity index (χ1n) is 7.02. The van der Waals surface area contributed by atoms with Crippen molar-refractivity contribution in [3.8, 4) is 0 Å². The number of fused-ring (bicyclic) bond motifs is 1. The van der Waals surface area contributed by atoms with E-state index in [1.54, 1.807) is 0 Å². The third-order valence-corrected chi connectivity index (χ3v) is 4.47. The van der Waals surface area contributed by atoms with Crippen molar-refractivity contribution in [1.82, 2.24) is 10.2 Å². The lowest BCUT2D eigenvalue weighted by atomic mass is 9.87. The van der Waals surface area contributed by atoms with Crippen LogP contribution in [0.15, 0.2) is 0 Å². The van der Waals surface area contributed by atoms with Gasteiger partial charge in [-0.3, -0.25) is 4.90 Å². The highest BCUT2D eigenvalue weighted by Crippen LogP contribution is 2.26. The Kier molecular flexibility index (Phi) is 3.46. The van der Waals surface area contributed by atoms with E-state index >= 15 is 0 Å². The molecule has 92 valence electrons. The molecule has 3 heteroatoms.